The molecule has 0 aliphatic carbocycles. The van der Waals surface area contributed by atoms with Crippen molar-refractivity contribution < 1.29 is 28.7 Å². The van der Waals surface area contributed by atoms with Gasteiger partial charge in [0.1, 0.15) is 17.5 Å². The minimum absolute atomic E-state index is 0.160. The number of carbonyl (C=O) groups excluding carboxylic acids is 4. The number of aromatic amines is 1. The molecular formula is C33H46N4O6. The van der Waals surface area contributed by atoms with Crippen molar-refractivity contribution in [2.75, 3.05) is 31.5 Å². The second-order valence-electron chi connectivity index (χ2n) is 12.0. The normalized spacial score (nSPS) is 15.0. The Morgan fingerprint density at radius 2 is 1.72 bits per heavy atom. The van der Waals surface area contributed by atoms with E-state index >= 15 is 0 Å². The highest BCUT2D eigenvalue weighted by Gasteiger charge is 2.38. The first-order valence-corrected chi connectivity index (χ1v) is 14.8. The second kappa shape index (κ2) is 13.3. The number of rotatable bonds is 14. The van der Waals surface area contributed by atoms with Crippen LogP contribution in [0, 0.1) is 13.8 Å². The second-order valence-corrected chi connectivity index (χ2v) is 12.0. The van der Waals surface area contributed by atoms with Crippen molar-refractivity contribution in [3.05, 3.63) is 46.3 Å². The standard InChI is InChI=1S/C33H46N4O6/c1-11-37(12-2)16-15-34-31(41)28-19(3)27(35-20(28)4)18-25-24-17-23(13-14-26(24)36-30(25)40)43-33(9,10)29(39)21(5)42-32(7,8)22(6)38/h13-14,17-18,21,35H,11-12,15-16H2,1-10H3,(H,34,41)(H,36,40)/b25-18-/t21-/m0/s1. The van der Waals surface area contributed by atoms with E-state index in [1.54, 1.807) is 58.9 Å². The number of carbonyl (C=O) groups is 4. The molecule has 10 nitrogen and oxygen atoms in total. The number of likely N-dealkylation sites (N-methyl/N-ethyl adjacent to an activating group) is 1. The van der Waals surface area contributed by atoms with Gasteiger partial charge in [-0.1, -0.05) is 13.8 Å². The van der Waals surface area contributed by atoms with E-state index in [0.717, 1.165) is 25.2 Å². The van der Waals surface area contributed by atoms with Crippen LogP contribution in [0.15, 0.2) is 18.2 Å². The molecule has 0 saturated heterocycles. The molecule has 1 atom stereocenters. The fourth-order valence-electron chi connectivity index (χ4n) is 5.15. The third-order valence-electron chi connectivity index (χ3n) is 8.03. The summed E-state index contributed by atoms with van der Waals surface area (Å²) in [4.78, 5) is 56.7. The Morgan fingerprint density at radius 1 is 1.07 bits per heavy atom. The van der Waals surface area contributed by atoms with Crippen LogP contribution < -0.4 is 15.4 Å². The summed E-state index contributed by atoms with van der Waals surface area (Å²) in [5.41, 5.74) is 1.93. The molecular weight excluding hydrogens is 548 g/mol. The topological polar surface area (TPSA) is 130 Å². The molecule has 3 rings (SSSR count). The van der Waals surface area contributed by atoms with Gasteiger partial charge in [0.2, 0.25) is 5.78 Å². The molecule has 0 bridgehead atoms. The van der Waals surface area contributed by atoms with Crippen molar-refractivity contribution >= 4 is 40.7 Å². The first kappa shape index (κ1) is 33.7. The highest BCUT2D eigenvalue weighted by Crippen LogP contribution is 2.37. The van der Waals surface area contributed by atoms with Gasteiger partial charge in [0.05, 0.1) is 11.1 Å². The summed E-state index contributed by atoms with van der Waals surface area (Å²) in [5, 5.41) is 5.87. The van der Waals surface area contributed by atoms with Crippen LogP contribution in [0.5, 0.6) is 5.75 Å². The summed E-state index contributed by atoms with van der Waals surface area (Å²) >= 11 is 0. The van der Waals surface area contributed by atoms with Gasteiger partial charge in [-0.2, -0.15) is 0 Å². The predicted octanol–water partition coefficient (Wildman–Crippen LogP) is 4.70. The summed E-state index contributed by atoms with van der Waals surface area (Å²) in [6, 6.07) is 5.13. The van der Waals surface area contributed by atoms with Gasteiger partial charge in [-0.05, 0) is 98.3 Å². The summed E-state index contributed by atoms with van der Waals surface area (Å²) in [6.45, 7) is 20.6. The molecule has 1 aliphatic heterocycles. The molecule has 1 aromatic heterocycles. The number of aryl methyl sites for hydroxylation is 1. The van der Waals surface area contributed by atoms with Gasteiger partial charge < -0.3 is 30.0 Å². The number of benzene rings is 1. The Hall–Kier alpha value is -3.76. The molecule has 1 aromatic carbocycles. The van der Waals surface area contributed by atoms with Crippen molar-refractivity contribution in [2.24, 2.45) is 0 Å². The van der Waals surface area contributed by atoms with Crippen LogP contribution >= 0.6 is 0 Å². The number of aromatic nitrogens is 1. The number of fused-ring (bicyclic) bond motifs is 1. The SMILES string of the molecule is CCN(CC)CCNC(=O)c1c(C)[nH]c(/C=C2\C(=O)Nc3ccc(OC(C)(C)C(=O)[C@H](C)OC(C)(C)C(C)=O)cc32)c1C. The van der Waals surface area contributed by atoms with Crippen molar-refractivity contribution in [2.45, 2.75) is 86.5 Å². The molecule has 0 saturated carbocycles. The van der Waals surface area contributed by atoms with Crippen LogP contribution in [0.3, 0.4) is 0 Å². The average Bonchev–Trinajstić information content (AvgIpc) is 3.39. The molecule has 0 unspecified atom stereocenters. The number of nitrogens with zero attached hydrogens (tertiary/aromatic N) is 1. The number of anilines is 1. The number of hydrogen-bond acceptors (Lipinski definition) is 7. The largest absolute Gasteiger partial charge is 0.480 e. The smallest absolute Gasteiger partial charge is 0.256 e. The van der Waals surface area contributed by atoms with E-state index in [1.165, 1.54) is 6.92 Å². The number of ether oxygens (including phenoxy) is 2. The van der Waals surface area contributed by atoms with Gasteiger partial charge >= 0.3 is 0 Å². The van der Waals surface area contributed by atoms with E-state index < -0.39 is 17.3 Å². The van der Waals surface area contributed by atoms with Gasteiger partial charge in [-0.15, -0.1) is 0 Å². The van der Waals surface area contributed by atoms with E-state index in [4.69, 9.17) is 9.47 Å². The van der Waals surface area contributed by atoms with Gasteiger partial charge in [-0.25, -0.2) is 0 Å². The maximum absolute atomic E-state index is 13.2. The molecule has 0 radical (unpaired) electrons. The van der Waals surface area contributed by atoms with Crippen LogP contribution in [-0.2, 0) is 19.1 Å². The summed E-state index contributed by atoms with van der Waals surface area (Å²) < 4.78 is 11.9. The highest BCUT2D eigenvalue weighted by atomic mass is 16.5. The lowest BCUT2D eigenvalue weighted by atomic mass is 9.97. The third-order valence-corrected chi connectivity index (χ3v) is 8.03. The Kier molecular flexibility index (Phi) is 10.4. The summed E-state index contributed by atoms with van der Waals surface area (Å²) in [7, 11) is 0. The molecule has 10 heteroatoms. The number of ketones is 2. The van der Waals surface area contributed by atoms with Crippen LogP contribution in [0.1, 0.15) is 88.3 Å². The van der Waals surface area contributed by atoms with E-state index in [9.17, 15) is 19.2 Å². The Balaban J connectivity index is 1.83. The highest BCUT2D eigenvalue weighted by molar-refractivity contribution is 6.35. The zero-order valence-electron chi connectivity index (χ0n) is 27.1. The lowest BCUT2D eigenvalue weighted by Crippen LogP contribution is -2.48. The molecule has 2 heterocycles. The van der Waals surface area contributed by atoms with Gasteiger partial charge in [-0.3, -0.25) is 19.2 Å². The minimum atomic E-state index is -1.28. The van der Waals surface area contributed by atoms with Crippen LogP contribution in [0.2, 0.25) is 0 Å². The summed E-state index contributed by atoms with van der Waals surface area (Å²) in [6.07, 6.45) is 0.848. The van der Waals surface area contributed by atoms with Crippen molar-refractivity contribution in [3.8, 4) is 5.75 Å². The Bertz CT molecular complexity index is 1430. The molecule has 0 fully saturated rings. The molecule has 2 aromatic rings. The number of Topliss-reactive ketones (excluding diaryl/α,β-unsaturated/α-hetero) is 2. The molecule has 0 spiro atoms. The van der Waals surface area contributed by atoms with Gasteiger partial charge in [0.25, 0.3) is 11.8 Å². The first-order valence-electron chi connectivity index (χ1n) is 14.8. The quantitative estimate of drug-likeness (QED) is 0.271. The van der Waals surface area contributed by atoms with Crippen LogP contribution in [0.25, 0.3) is 11.6 Å². The van der Waals surface area contributed by atoms with Crippen molar-refractivity contribution in [1.29, 1.82) is 0 Å². The first-order chi connectivity index (χ1) is 20.0. The number of nitrogens with one attached hydrogen (secondary N) is 3. The lowest BCUT2D eigenvalue weighted by molar-refractivity contribution is -0.159. The lowest BCUT2D eigenvalue weighted by Gasteiger charge is -2.32. The van der Waals surface area contributed by atoms with Gasteiger partial charge in [0, 0.05) is 35.7 Å². The van der Waals surface area contributed by atoms with Crippen LogP contribution in [0.4, 0.5) is 5.69 Å². The van der Waals surface area contributed by atoms with Crippen molar-refractivity contribution in [3.63, 3.8) is 0 Å². The minimum Gasteiger partial charge on any atom is -0.480 e. The maximum atomic E-state index is 13.2. The maximum Gasteiger partial charge on any atom is 0.256 e. The van der Waals surface area contributed by atoms with Gasteiger partial charge in [0.15, 0.2) is 11.4 Å². The van der Waals surface area contributed by atoms with E-state index in [0.29, 0.717) is 46.1 Å². The molecule has 234 valence electrons. The molecule has 3 N–H and O–H groups in total. The zero-order chi connectivity index (χ0) is 32.3. The fourth-order valence-corrected chi connectivity index (χ4v) is 5.15. The van der Waals surface area contributed by atoms with E-state index in [-0.39, 0.29) is 23.4 Å². The number of amides is 2. The third kappa shape index (κ3) is 7.61. The Labute approximate surface area is 254 Å². The molecule has 2 amide bonds. The monoisotopic (exact) mass is 594 g/mol. The van der Waals surface area contributed by atoms with E-state index in [2.05, 4.69) is 34.4 Å². The Morgan fingerprint density at radius 3 is 2.33 bits per heavy atom. The summed E-state index contributed by atoms with van der Waals surface area (Å²) in [5.74, 6) is -0.561. The number of H-pyrrole nitrogens is 1. The predicted molar refractivity (Wildman–Crippen MR) is 168 cm³/mol. The molecule has 1 aliphatic rings. The van der Waals surface area contributed by atoms with Crippen molar-refractivity contribution in [1.82, 2.24) is 15.2 Å². The number of hydrogen-bond donors (Lipinski definition) is 3. The van der Waals surface area contributed by atoms with Crippen LogP contribution in [-0.4, -0.2) is 76.7 Å². The fraction of sp³-hybridized carbons (Fsp3) is 0.515. The van der Waals surface area contributed by atoms with E-state index in [1.807, 2.05) is 13.8 Å². The molecule has 43 heavy (non-hydrogen) atoms. The average molecular weight is 595 g/mol. The zero-order valence-corrected chi connectivity index (χ0v) is 27.1.